The van der Waals surface area contributed by atoms with Crippen LogP contribution in [-0.2, 0) is 53.7 Å². The highest BCUT2D eigenvalue weighted by atomic mass is 32.2. The van der Waals surface area contributed by atoms with E-state index in [0.717, 1.165) is 62.4 Å². The molecule has 1 N–H and O–H groups in total. The number of hydrogen-bond donors (Lipinski definition) is 1. The minimum absolute atomic E-state index is 0.0195. The Balaban J connectivity index is 1.12. The van der Waals surface area contributed by atoms with E-state index < -0.39 is 10.1 Å². The van der Waals surface area contributed by atoms with Crippen molar-refractivity contribution >= 4 is 15.9 Å². The Morgan fingerprint density at radius 1 is 0.688 bits per heavy atom. The summed E-state index contributed by atoms with van der Waals surface area (Å²) in [6.07, 6.45) is 1.50. The van der Waals surface area contributed by atoms with E-state index in [0.29, 0.717) is 25.2 Å². The van der Waals surface area contributed by atoms with Gasteiger partial charge in [0.25, 0.3) is 10.1 Å². The second-order valence-corrected chi connectivity index (χ2v) is 14.5. The standard InChI is InChI=1S/C39H34N4O4S/c1-24-7-11-26(12-8-24)22-42-38-32-6-4-3-5-28(32)18-34(38)36(40-42)20-30(44)21-37-35-19-29-17-31(48(45,46)47)15-16-33(29)39(35)43(41-37)23-27-13-9-25(2)10-14-27/h3-17H,18-23H2,1-2H3,(H,45,46,47). The van der Waals surface area contributed by atoms with Gasteiger partial charge in [-0.2, -0.15) is 18.6 Å². The van der Waals surface area contributed by atoms with Gasteiger partial charge in [-0.25, -0.2) is 0 Å². The van der Waals surface area contributed by atoms with Gasteiger partial charge in [-0.1, -0.05) is 90.0 Å². The van der Waals surface area contributed by atoms with Crippen LogP contribution >= 0.6 is 0 Å². The molecule has 0 aliphatic heterocycles. The van der Waals surface area contributed by atoms with E-state index in [2.05, 4.69) is 73.7 Å². The smallest absolute Gasteiger partial charge is 0.294 e. The molecule has 9 heteroatoms. The summed E-state index contributed by atoms with van der Waals surface area (Å²) in [4.78, 5) is 13.8. The molecule has 8 nitrogen and oxygen atoms in total. The highest BCUT2D eigenvalue weighted by Gasteiger charge is 2.32. The molecule has 0 bridgehead atoms. The number of carbonyl (C=O) groups excluding carboxylic acids is 1. The molecule has 48 heavy (non-hydrogen) atoms. The maximum absolute atomic E-state index is 13.9. The second kappa shape index (κ2) is 11.5. The van der Waals surface area contributed by atoms with Crippen molar-refractivity contribution in [3.63, 3.8) is 0 Å². The molecule has 8 rings (SSSR count). The Hall–Kier alpha value is -5.12. The molecule has 0 unspecified atom stereocenters. The summed E-state index contributed by atoms with van der Waals surface area (Å²) in [5.74, 6) is 0.0195. The van der Waals surface area contributed by atoms with Gasteiger partial charge in [0.2, 0.25) is 0 Å². The van der Waals surface area contributed by atoms with Crippen LogP contribution in [-0.4, -0.2) is 38.3 Å². The van der Waals surface area contributed by atoms with Crippen LogP contribution in [0.15, 0.2) is 95.9 Å². The highest BCUT2D eigenvalue weighted by molar-refractivity contribution is 7.85. The normalized spacial score (nSPS) is 12.9. The van der Waals surface area contributed by atoms with Crippen LogP contribution in [0.25, 0.3) is 22.5 Å². The summed E-state index contributed by atoms with van der Waals surface area (Å²) < 4.78 is 37.5. The second-order valence-electron chi connectivity index (χ2n) is 13.0. The van der Waals surface area contributed by atoms with E-state index in [-0.39, 0.29) is 23.5 Å². The fraction of sp³-hybridized carbons (Fsp3) is 0.205. The van der Waals surface area contributed by atoms with E-state index >= 15 is 0 Å². The number of fused-ring (bicyclic) bond motifs is 6. The van der Waals surface area contributed by atoms with Crippen LogP contribution in [0.4, 0.5) is 0 Å². The third-order valence-corrected chi connectivity index (χ3v) is 10.4. The van der Waals surface area contributed by atoms with Gasteiger partial charge >= 0.3 is 0 Å². The summed E-state index contributed by atoms with van der Waals surface area (Å²) >= 11 is 0. The maximum Gasteiger partial charge on any atom is 0.294 e. The molecule has 0 amide bonds. The maximum atomic E-state index is 13.9. The Labute approximate surface area is 279 Å². The molecule has 2 aliphatic carbocycles. The van der Waals surface area contributed by atoms with Gasteiger partial charge < -0.3 is 0 Å². The van der Waals surface area contributed by atoms with Crippen molar-refractivity contribution in [3.8, 4) is 22.5 Å². The van der Waals surface area contributed by atoms with E-state index in [9.17, 15) is 17.8 Å². The van der Waals surface area contributed by atoms with Crippen LogP contribution in [0, 0.1) is 13.8 Å². The predicted molar refractivity (Wildman–Crippen MR) is 184 cm³/mol. The first-order valence-electron chi connectivity index (χ1n) is 16.1. The van der Waals surface area contributed by atoms with Crippen LogP contribution in [0.2, 0.25) is 0 Å². The van der Waals surface area contributed by atoms with Crippen molar-refractivity contribution in [2.75, 3.05) is 0 Å². The van der Waals surface area contributed by atoms with E-state index in [4.69, 9.17) is 10.2 Å². The van der Waals surface area contributed by atoms with Crippen molar-refractivity contribution in [3.05, 3.63) is 147 Å². The predicted octanol–water partition coefficient (Wildman–Crippen LogP) is 6.54. The molecule has 0 spiro atoms. The lowest BCUT2D eigenvalue weighted by Crippen LogP contribution is -2.12. The van der Waals surface area contributed by atoms with E-state index in [1.807, 2.05) is 22.4 Å². The number of hydrogen-bond acceptors (Lipinski definition) is 5. The lowest BCUT2D eigenvalue weighted by atomic mass is 10.0. The minimum Gasteiger partial charge on any atom is -0.299 e. The lowest BCUT2D eigenvalue weighted by molar-refractivity contribution is -0.117. The third kappa shape index (κ3) is 5.48. The molecule has 2 aromatic heterocycles. The first-order chi connectivity index (χ1) is 23.1. The number of Topliss-reactive ketones (excluding diaryl/α,β-unsaturated/α-hetero) is 1. The van der Waals surface area contributed by atoms with Crippen molar-refractivity contribution < 1.29 is 17.8 Å². The topological polar surface area (TPSA) is 107 Å². The van der Waals surface area contributed by atoms with Crippen LogP contribution in [0.1, 0.15) is 55.9 Å². The molecule has 2 aliphatic rings. The molecule has 4 aromatic carbocycles. The number of ketones is 1. The number of benzene rings is 4. The minimum atomic E-state index is -4.35. The molecule has 2 heterocycles. The van der Waals surface area contributed by atoms with Gasteiger partial charge in [0.15, 0.2) is 0 Å². The molecule has 0 radical (unpaired) electrons. The zero-order valence-electron chi connectivity index (χ0n) is 26.8. The average molecular weight is 655 g/mol. The largest absolute Gasteiger partial charge is 0.299 e. The van der Waals surface area contributed by atoms with Crippen LogP contribution in [0.5, 0.6) is 0 Å². The molecule has 0 atom stereocenters. The van der Waals surface area contributed by atoms with Gasteiger partial charge in [0.1, 0.15) is 5.78 Å². The third-order valence-electron chi connectivity index (χ3n) is 9.54. The van der Waals surface area contributed by atoms with Gasteiger partial charge in [0.05, 0.1) is 53.6 Å². The average Bonchev–Trinajstić information content (AvgIpc) is 3.79. The Morgan fingerprint density at radius 2 is 1.19 bits per heavy atom. The van der Waals surface area contributed by atoms with E-state index in [1.54, 1.807) is 6.07 Å². The number of aromatic nitrogens is 4. The summed E-state index contributed by atoms with van der Waals surface area (Å²) in [6, 6.07) is 29.8. The SMILES string of the molecule is Cc1ccc(Cn2nc(CC(=O)Cc3nn(Cc4ccc(C)cc4)c4c3Cc3cc(S(=O)(=O)O)ccc3-4)c3c2-c2ccccc2C3)cc1. The summed E-state index contributed by atoms with van der Waals surface area (Å²) in [5, 5.41) is 10.0. The van der Waals surface area contributed by atoms with Crippen molar-refractivity contribution in [1.82, 2.24) is 19.6 Å². The first-order valence-corrected chi connectivity index (χ1v) is 17.5. The highest BCUT2D eigenvalue weighted by Crippen LogP contribution is 2.41. The lowest BCUT2D eigenvalue weighted by Gasteiger charge is -2.09. The monoisotopic (exact) mass is 654 g/mol. The fourth-order valence-corrected chi connectivity index (χ4v) is 7.68. The summed E-state index contributed by atoms with van der Waals surface area (Å²) in [5.41, 5.74) is 14.1. The van der Waals surface area contributed by atoms with Gasteiger partial charge in [-0.05, 0) is 48.2 Å². The fourth-order valence-electron chi connectivity index (χ4n) is 7.15. The molecule has 0 fully saturated rings. The Bertz CT molecular complexity index is 2350. The molecule has 0 saturated carbocycles. The van der Waals surface area contributed by atoms with Gasteiger partial charge in [-0.15, -0.1) is 0 Å². The molecular weight excluding hydrogens is 621 g/mol. The number of carbonyl (C=O) groups is 1. The molecule has 0 saturated heterocycles. The Morgan fingerprint density at radius 3 is 1.73 bits per heavy atom. The summed E-state index contributed by atoms with van der Waals surface area (Å²) in [7, 11) is -4.35. The summed E-state index contributed by atoms with van der Waals surface area (Å²) in [6.45, 7) is 5.24. The van der Waals surface area contributed by atoms with Crippen molar-refractivity contribution in [2.24, 2.45) is 0 Å². The first kappa shape index (κ1) is 30.2. The van der Waals surface area contributed by atoms with Crippen LogP contribution in [0.3, 0.4) is 0 Å². The van der Waals surface area contributed by atoms with Gasteiger partial charge in [0, 0.05) is 35.1 Å². The van der Waals surface area contributed by atoms with Crippen molar-refractivity contribution in [1.29, 1.82) is 0 Å². The number of nitrogens with zero attached hydrogens (tertiary/aromatic N) is 4. The molecular formula is C39H34N4O4S. The van der Waals surface area contributed by atoms with Gasteiger partial charge in [-0.3, -0.25) is 18.7 Å². The van der Waals surface area contributed by atoms with Crippen LogP contribution < -0.4 is 0 Å². The van der Waals surface area contributed by atoms with E-state index in [1.165, 1.54) is 28.8 Å². The zero-order valence-corrected chi connectivity index (χ0v) is 27.6. The Kier molecular flexibility index (Phi) is 7.27. The zero-order chi connectivity index (χ0) is 33.2. The van der Waals surface area contributed by atoms with Crippen molar-refractivity contribution in [2.45, 2.75) is 57.5 Å². The number of rotatable bonds is 9. The number of aryl methyl sites for hydroxylation is 2. The molecule has 6 aromatic rings. The molecule has 240 valence electrons. The quantitative estimate of drug-likeness (QED) is 0.177.